The van der Waals surface area contributed by atoms with E-state index in [1.807, 2.05) is 13.8 Å². The van der Waals surface area contributed by atoms with Crippen molar-refractivity contribution in [2.24, 2.45) is 11.7 Å². The minimum Gasteiger partial charge on any atom is -0.346 e. The van der Waals surface area contributed by atoms with E-state index in [1.54, 1.807) is 0 Å². The van der Waals surface area contributed by atoms with E-state index in [0.29, 0.717) is 10.4 Å². The molecule has 0 unspecified atom stereocenters. The van der Waals surface area contributed by atoms with Crippen molar-refractivity contribution in [1.29, 1.82) is 0 Å². The number of carbonyl (C=O) groups is 2. The van der Waals surface area contributed by atoms with Gasteiger partial charge in [-0.15, -0.1) is 0 Å². The average molecular weight is 330 g/mol. The fourth-order valence-corrected chi connectivity index (χ4v) is 1.36. The lowest BCUT2D eigenvalue weighted by molar-refractivity contribution is -0.125. The molecule has 0 fully saturated rings. The Morgan fingerprint density at radius 1 is 1.37 bits per heavy atom. The van der Waals surface area contributed by atoms with Crippen LogP contribution in [0.4, 0.5) is 5.82 Å². The zero-order chi connectivity index (χ0) is 14.4. The Kier molecular flexibility index (Phi) is 5.84. The molecule has 0 saturated carbocycles. The van der Waals surface area contributed by atoms with Gasteiger partial charge >= 0.3 is 0 Å². The molecule has 0 aromatic carbocycles. The molecule has 1 atom stereocenters. The number of halogens is 1. The van der Waals surface area contributed by atoms with Crippen molar-refractivity contribution in [2.45, 2.75) is 19.9 Å². The summed E-state index contributed by atoms with van der Waals surface area (Å²) < 4.78 is 0.571. The predicted molar refractivity (Wildman–Crippen MR) is 74.2 cm³/mol. The van der Waals surface area contributed by atoms with Crippen molar-refractivity contribution in [3.63, 3.8) is 0 Å². The number of hydrogen-bond donors (Lipinski definition) is 3. The molecular weight excluding hydrogens is 314 g/mol. The monoisotopic (exact) mass is 329 g/mol. The van der Waals surface area contributed by atoms with Crippen molar-refractivity contribution in [3.05, 3.63) is 17.0 Å². The van der Waals surface area contributed by atoms with Gasteiger partial charge in [-0.25, -0.2) is 9.97 Å². The van der Waals surface area contributed by atoms with Crippen LogP contribution in [0.25, 0.3) is 0 Å². The van der Waals surface area contributed by atoms with Gasteiger partial charge in [0.1, 0.15) is 4.60 Å². The molecule has 1 aromatic heterocycles. The summed E-state index contributed by atoms with van der Waals surface area (Å²) in [5.74, 6) is -0.413. The molecule has 0 spiro atoms. The largest absolute Gasteiger partial charge is 0.346 e. The van der Waals surface area contributed by atoms with Crippen LogP contribution in [0.15, 0.2) is 17.0 Å². The molecule has 2 amide bonds. The molecule has 19 heavy (non-hydrogen) atoms. The van der Waals surface area contributed by atoms with Gasteiger partial charge in [-0.2, -0.15) is 0 Å². The van der Waals surface area contributed by atoms with E-state index in [4.69, 9.17) is 5.73 Å². The summed E-state index contributed by atoms with van der Waals surface area (Å²) in [4.78, 5) is 30.9. The second-order valence-corrected chi connectivity index (χ2v) is 5.07. The summed E-state index contributed by atoms with van der Waals surface area (Å²) in [6.07, 6.45) is 2.87. The third-order valence-corrected chi connectivity index (χ3v) is 2.74. The predicted octanol–water partition coefficient (Wildman–Crippen LogP) is 0.277. The van der Waals surface area contributed by atoms with Crippen LogP contribution in [0.2, 0.25) is 0 Å². The fourth-order valence-electron chi connectivity index (χ4n) is 1.15. The van der Waals surface area contributed by atoms with Crippen LogP contribution in [-0.4, -0.2) is 34.4 Å². The highest BCUT2D eigenvalue weighted by Gasteiger charge is 2.17. The lowest BCUT2D eigenvalue weighted by Gasteiger charge is -2.14. The van der Waals surface area contributed by atoms with Gasteiger partial charge in [0.05, 0.1) is 25.0 Å². The van der Waals surface area contributed by atoms with Crippen LogP contribution >= 0.6 is 15.9 Å². The van der Waals surface area contributed by atoms with Crippen LogP contribution in [0.1, 0.15) is 13.8 Å². The maximum absolute atomic E-state index is 11.5. The van der Waals surface area contributed by atoms with Crippen molar-refractivity contribution in [3.8, 4) is 0 Å². The lowest BCUT2D eigenvalue weighted by Crippen LogP contribution is -2.46. The Balaban J connectivity index is 2.40. The number of nitrogens with one attached hydrogen (secondary N) is 2. The summed E-state index contributed by atoms with van der Waals surface area (Å²) in [6, 6.07) is -0.625. The smallest absolute Gasteiger partial charge is 0.244 e. The highest BCUT2D eigenvalue weighted by atomic mass is 79.9. The van der Waals surface area contributed by atoms with E-state index >= 15 is 0 Å². The van der Waals surface area contributed by atoms with Gasteiger partial charge in [0.2, 0.25) is 11.8 Å². The topological polar surface area (TPSA) is 110 Å². The van der Waals surface area contributed by atoms with Crippen molar-refractivity contribution in [2.75, 3.05) is 11.9 Å². The van der Waals surface area contributed by atoms with E-state index < -0.39 is 6.04 Å². The number of rotatable bonds is 5. The number of nitrogens with two attached hydrogens (primary N) is 1. The Hall–Kier alpha value is -1.54. The van der Waals surface area contributed by atoms with Crippen LogP contribution < -0.4 is 16.4 Å². The zero-order valence-electron chi connectivity index (χ0n) is 10.7. The van der Waals surface area contributed by atoms with Gasteiger partial charge in [-0.3, -0.25) is 9.59 Å². The minimum absolute atomic E-state index is 0.0143. The van der Waals surface area contributed by atoms with Crippen LogP contribution in [0.5, 0.6) is 0 Å². The molecule has 0 saturated heterocycles. The van der Waals surface area contributed by atoms with Gasteiger partial charge in [0, 0.05) is 0 Å². The third kappa shape index (κ3) is 5.31. The lowest BCUT2D eigenvalue weighted by atomic mass is 10.1. The number of anilines is 1. The van der Waals surface area contributed by atoms with Crippen molar-refractivity contribution < 1.29 is 9.59 Å². The van der Waals surface area contributed by atoms with Gasteiger partial charge in [-0.1, -0.05) is 13.8 Å². The standard InChI is InChI=1S/C11H16BrN5O2/c1-6(2)10(13)11(19)16-5-9(18)17-8-4-14-7(12)3-15-8/h3-4,6,10H,5,13H2,1-2H3,(H,16,19)(H,15,17,18)/t10-/m0/s1. The minimum atomic E-state index is -0.625. The van der Waals surface area contributed by atoms with Gasteiger partial charge in [0.25, 0.3) is 0 Å². The normalized spacial score (nSPS) is 12.1. The molecule has 1 heterocycles. The second kappa shape index (κ2) is 7.15. The number of carbonyl (C=O) groups excluding carboxylic acids is 2. The van der Waals surface area contributed by atoms with Crippen LogP contribution in [0, 0.1) is 5.92 Å². The van der Waals surface area contributed by atoms with E-state index in [9.17, 15) is 9.59 Å². The summed E-state index contributed by atoms with van der Waals surface area (Å²) in [5, 5.41) is 4.97. The number of aromatic nitrogens is 2. The molecule has 0 aliphatic heterocycles. The van der Waals surface area contributed by atoms with Gasteiger partial charge < -0.3 is 16.4 Å². The van der Waals surface area contributed by atoms with E-state index in [0.717, 1.165) is 0 Å². The first-order chi connectivity index (χ1) is 8.90. The first kappa shape index (κ1) is 15.5. The molecule has 7 nitrogen and oxygen atoms in total. The molecule has 1 rings (SSSR count). The Morgan fingerprint density at radius 3 is 2.58 bits per heavy atom. The number of amides is 2. The molecule has 8 heteroatoms. The summed E-state index contributed by atoms with van der Waals surface area (Å²) in [5.41, 5.74) is 5.64. The molecule has 0 aliphatic carbocycles. The van der Waals surface area contributed by atoms with Crippen LogP contribution in [-0.2, 0) is 9.59 Å². The zero-order valence-corrected chi connectivity index (χ0v) is 12.3. The van der Waals surface area contributed by atoms with Gasteiger partial charge in [-0.05, 0) is 21.8 Å². The first-order valence-electron chi connectivity index (χ1n) is 5.71. The summed E-state index contributed by atoms with van der Waals surface area (Å²) in [7, 11) is 0. The highest BCUT2D eigenvalue weighted by molar-refractivity contribution is 9.10. The van der Waals surface area contributed by atoms with Crippen molar-refractivity contribution >= 4 is 33.6 Å². The molecule has 4 N–H and O–H groups in total. The van der Waals surface area contributed by atoms with E-state index in [-0.39, 0.29) is 24.3 Å². The SMILES string of the molecule is CC(C)[C@H](N)C(=O)NCC(=O)Nc1cnc(Br)cn1. The number of hydrogen-bond acceptors (Lipinski definition) is 5. The second-order valence-electron chi connectivity index (χ2n) is 4.26. The van der Waals surface area contributed by atoms with E-state index in [1.165, 1.54) is 12.4 Å². The summed E-state index contributed by atoms with van der Waals surface area (Å²) >= 11 is 3.13. The fraction of sp³-hybridized carbons (Fsp3) is 0.455. The number of nitrogens with zero attached hydrogens (tertiary/aromatic N) is 2. The molecule has 0 aliphatic rings. The molecule has 104 valence electrons. The Bertz CT molecular complexity index is 449. The van der Waals surface area contributed by atoms with E-state index in [2.05, 4.69) is 36.5 Å². The van der Waals surface area contributed by atoms with Gasteiger partial charge in [0.15, 0.2) is 5.82 Å². The molecular formula is C11H16BrN5O2. The Labute approximate surface area is 119 Å². The molecule has 0 bridgehead atoms. The van der Waals surface area contributed by atoms with Crippen molar-refractivity contribution in [1.82, 2.24) is 15.3 Å². The maximum Gasteiger partial charge on any atom is 0.244 e. The molecule has 1 aromatic rings. The highest BCUT2D eigenvalue weighted by Crippen LogP contribution is 2.05. The Morgan fingerprint density at radius 2 is 2.05 bits per heavy atom. The quantitative estimate of drug-likeness (QED) is 0.718. The summed E-state index contributed by atoms with van der Waals surface area (Å²) in [6.45, 7) is 3.51. The first-order valence-corrected chi connectivity index (χ1v) is 6.50. The molecule has 0 radical (unpaired) electrons. The van der Waals surface area contributed by atoms with Crippen LogP contribution in [0.3, 0.4) is 0 Å². The third-order valence-electron chi connectivity index (χ3n) is 2.33. The average Bonchev–Trinajstić information content (AvgIpc) is 2.37. The maximum atomic E-state index is 11.5.